The van der Waals surface area contributed by atoms with Gasteiger partial charge in [0.05, 0.1) is 0 Å². The molecular weight excluding hydrogens is 134 g/mol. The lowest BCUT2D eigenvalue weighted by molar-refractivity contribution is 0.579. The summed E-state index contributed by atoms with van der Waals surface area (Å²) in [4.78, 5) is 0. The van der Waals surface area contributed by atoms with Crippen LogP contribution < -0.4 is 5.73 Å². The van der Waals surface area contributed by atoms with Crippen molar-refractivity contribution in [3.63, 3.8) is 0 Å². The predicted molar refractivity (Wildman–Crippen MR) is 40.5 cm³/mol. The zero-order valence-electron chi connectivity index (χ0n) is 6.02. The van der Waals surface area contributed by atoms with Crippen molar-refractivity contribution < 1.29 is 4.55 Å². The molecule has 2 atom stereocenters. The maximum absolute atomic E-state index is 10.8. The summed E-state index contributed by atoms with van der Waals surface area (Å²) in [5.74, 6) is 0.696. The lowest BCUT2D eigenvalue weighted by atomic mass is 10.4. The van der Waals surface area contributed by atoms with Crippen molar-refractivity contribution in [1.29, 1.82) is 0 Å². The molecule has 3 heteroatoms. The molecule has 2 nitrogen and oxygen atoms in total. The number of rotatable bonds is 4. The molecule has 2 unspecified atom stereocenters. The fourth-order valence-electron chi connectivity index (χ4n) is 0.463. The Balaban J connectivity index is 3.16. The van der Waals surface area contributed by atoms with Gasteiger partial charge in [-0.1, -0.05) is 13.3 Å². The second-order valence-corrected chi connectivity index (χ2v) is 3.96. The van der Waals surface area contributed by atoms with Crippen LogP contribution in [0.2, 0.25) is 0 Å². The van der Waals surface area contributed by atoms with Crippen LogP contribution in [0.15, 0.2) is 0 Å². The molecule has 0 aromatic heterocycles. The second kappa shape index (κ2) is 5.09. The summed E-state index contributed by atoms with van der Waals surface area (Å²) in [5, 5.41) is -0.406. The first-order chi connectivity index (χ1) is 4.18. The first kappa shape index (κ1) is 9.27. The molecule has 0 bridgehead atoms. The van der Waals surface area contributed by atoms with E-state index in [1.807, 2.05) is 0 Å². The van der Waals surface area contributed by atoms with E-state index in [0.29, 0.717) is 5.75 Å². The van der Waals surface area contributed by atoms with Crippen molar-refractivity contribution in [2.45, 2.75) is 32.1 Å². The smallest absolute Gasteiger partial charge is 0.176 e. The van der Waals surface area contributed by atoms with Crippen LogP contribution in [0.5, 0.6) is 0 Å². The van der Waals surface area contributed by atoms with Gasteiger partial charge in [0, 0.05) is 0 Å². The van der Waals surface area contributed by atoms with E-state index in [2.05, 4.69) is 6.92 Å². The fraction of sp³-hybridized carbons (Fsp3) is 1.00. The highest BCUT2D eigenvalue weighted by atomic mass is 32.2. The molecule has 0 fully saturated rings. The van der Waals surface area contributed by atoms with Crippen LogP contribution in [0.3, 0.4) is 0 Å². The van der Waals surface area contributed by atoms with Gasteiger partial charge in [-0.2, -0.15) is 0 Å². The van der Waals surface area contributed by atoms with E-state index in [1.165, 1.54) is 0 Å². The largest absolute Gasteiger partial charge is 0.615 e. The molecule has 0 saturated carbocycles. The van der Waals surface area contributed by atoms with Gasteiger partial charge in [-0.3, -0.25) is 0 Å². The van der Waals surface area contributed by atoms with Gasteiger partial charge in [0.1, 0.15) is 5.75 Å². The molecule has 0 aliphatic rings. The molecule has 0 aromatic carbocycles. The van der Waals surface area contributed by atoms with Crippen molar-refractivity contribution >= 4 is 11.2 Å². The van der Waals surface area contributed by atoms with Gasteiger partial charge in [-0.05, 0) is 24.5 Å². The van der Waals surface area contributed by atoms with Crippen LogP contribution >= 0.6 is 0 Å². The third kappa shape index (κ3) is 4.75. The van der Waals surface area contributed by atoms with E-state index in [0.717, 1.165) is 12.8 Å². The summed E-state index contributed by atoms with van der Waals surface area (Å²) < 4.78 is 10.8. The number of unbranched alkanes of at least 4 members (excludes halogenated alkanes) is 1. The SMILES string of the molecule is CCCC[S+]([O-])C(C)[NH]. The fourth-order valence-corrected chi connectivity index (χ4v) is 1.39. The van der Waals surface area contributed by atoms with E-state index in [4.69, 9.17) is 5.73 Å². The lowest BCUT2D eigenvalue weighted by Gasteiger charge is -2.12. The van der Waals surface area contributed by atoms with Crippen molar-refractivity contribution in [3.05, 3.63) is 0 Å². The molecule has 0 spiro atoms. The minimum Gasteiger partial charge on any atom is -0.615 e. The van der Waals surface area contributed by atoms with Crippen molar-refractivity contribution in [3.8, 4) is 0 Å². The minimum atomic E-state index is -0.905. The Hall–Kier alpha value is 0.270. The molecule has 9 heavy (non-hydrogen) atoms. The summed E-state index contributed by atoms with van der Waals surface area (Å²) in [5.41, 5.74) is 7.06. The average Bonchev–Trinajstić information content (AvgIpc) is 1.82. The maximum Gasteiger partial charge on any atom is 0.176 e. The number of nitrogens with one attached hydrogen (secondary N) is 1. The Kier molecular flexibility index (Phi) is 5.24. The van der Waals surface area contributed by atoms with Gasteiger partial charge in [-0.15, -0.1) is 0 Å². The topological polar surface area (TPSA) is 46.9 Å². The average molecular weight is 148 g/mol. The Morgan fingerprint density at radius 3 is 2.56 bits per heavy atom. The normalized spacial score (nSPS) is 17.3. The van der Waals surface area contributed by atoms with E-state index in [1.54, 1.807) is 6.92 Å². The number of hydrogen-bond acceptors (Lipinski definition) is 1. The van der Waals surface area contributed by atoms with Crippen LogP contribution in [0.25, 0.3) is 0 Å². The van der Waals surface area contributed by atoms with Crippen LogP contribution in [0.1, 0.15) is 26.7 Å². The van der Waals surface area contributed by atoms with Crippen LogP contribution in [-0.4, -0.2) is 15.7 Å². The van der Waals surface area contributed by atoms with Gasteiger partial charge >= 0.3 is 0 Å². The molecule has 1 radical (unpaired) electrons. The number of hydrogen-bond donors (Lipinski definition) is 0. The molecule has 55 valence electrons. The van der Waals surface area contributed by atoms with E-state index in [9.17, 15) is 4.55 Å². The minimum absolute atomic E-state index is 0.406. The van der Waals surface area contributed by atoms with Crippen LogP contribution in [0.4, 0.5) is 0 Å². The molecule has 0 rings (SSSR count). The predicted octanol–water partition coefficient (Wildman–Crippen LogP) is 1.16. The van der Waals surface area contributed by atoms with Gasteiger partial charge in [0.2, 0.25) is 0 Å². The summed E-state index contributed by atoms with van der Waals surface area (Å²) in [7, 11) is 0. The molecule has 0 heterocycles. The molecule has 1 N–H and O–H groups in total. The first-order valence-electron chi connectivity index (χ1n) is 3.26. The van der Waals surface area contributed by atoms with Crippen LogP contribution in [-0.2, 0) is 11.2 Å². The van der Waals surface area contributed by atoms with Gasteiger partial charge in [0.15, 0.2) is 5.37 Å². The third-order valence-corrected chi connectivity index (χ3v) is 2.57. The monoisotopic (exact) mass is 148 g/mol. The quantitative estimate of drug-likeness (QED) is 0.552. The third-order valence-electron chi connectivity index (χ3n) is 1.09. The zero-order chi connectivity index (χ0) is 7.28. The Morgan fingerprint density at radius 2 is 2.22 bits per heavy atom. The summed E-state index contributed by atoms with van der Waals surface area (Å²) in [6, 6.07) is 0. The van der Waals surface area contributed by atoms with E-state index < -0.39 is 16.5 Å². The molecular formula is C6H14NOS. The molecule has 0 aliphatic carbocycles. The van der Waals surface area contributed by atoms with Crippen LogP contribution in [0, 0.1) is 0 Å². The molecule has 0 aromatic rings. The lowest BCUT2D eigenvalue weighted by Crippen LogP contribution is -2.21. The van der Waals surface area contributed by atoms with Gasteiger partial charge < -0.3 is 4.55 Å². The highest BCUT2D eigenvalue weighted by molar-refractivity contribution is 7.91. The Labute approximate surface area is 60.0 Å². The van der Waals surface area contributed by atoms with Crippen molar-refractivity contribution in [2.24, 2.45) is 0 Å². The van der Waals surface area contributed by atoms with E-state index in [-0.39, 0.29) is 0 Å². The molecule has 0 aliphatic heterocycles. The summed E-state index contributed by atoms with van der Waals surface area (Å²) in [6.07, 6.45) is 2.05. The standard InChI is InChI=1S/C6H14NOS/c1-3-4-5-9(8)6(2)7/h6-7H,3-5H2,1-2H3. The first-order valence-corrected chi connectivity index (χ1v) is 4.65. The van der Waals surface area contributed by atoms with Crippen molar-refractivity contribution in [2.75, 3.05) is 5.75 Å². The molecule has 0 amide bonds. The maximum atomic E-state index is 10.8. The summed E-state index contributed by atoms with van der Waals surface area (Å²) >= 11 is -0.905. The Morgan fingerprint density at radius 1 is 1.67 bits per heavy atom. The van der Waals surface area contributed by atoms with Gasteiger partial charge in [0.25, 0.3) is 0 Å². The zero-order valence-corrected chi connectivity index (χ0v) is 6.83. The van der Waals surface area contributed by atoms with Crippen molar-refractivity contribution in [1.82, 2.24) is 5.73 Å². The highest BCUT2D eigenvalue weighted by Gasteiger charge is 2.10. The Bertz CT molecular complexity index is 68.1. The highest BCUT2D eigenvalue weighted by Crippen LogP contribution is 2.00. The summed E-state index contributed by atoms with van der Waals surface area (Å²) in [6.45, 7) is 3.73. The van der Waals surface area contributed by atoms with E-state index >= 15 is 0 Å². The second-order valence-electron chi connectivity index (χ2n) is 2.08. The van der Waals surface area contributed by atoms with Gasteiger partial charge in [-0.25, -0.2) is 5.73 Å². The molecule has 0 saturated heterocycles.